The first-order valence-corrected chi connectivity index (χ1v) is 19.1. The van der Waals surface area contributed by atoms with Crippen molar-refractivity contribution in [3.63, 3.8) is 0 Å². The maximum atomic E-state index is 13.3. The summed E-state index contributed by atoms with van der Waals surface area (Å²) < 4.78 is 19.3. The standard InChI is InChI=1S/C43H41N3O8S/c1-28-37(27-55-39-13-7-8-22-46(39)51)53-42(54-40(28)32-16-14-29(25-47)15-17-32)33-20-18-31(19-21-33)35-12-6-5-11-34(35)24-45-38(48)23-36(41(45)49)44-43(50)52-26-30-9-3-2-4-10-30/h2-22,28,36-37,40,42,47H,23-27H2,1H3,(H,44,50). The van der Waals surface area contributed by atoms with Gasteiger partial charge < -0.3 is 29.8 Å². The van der Waals surface area contributed by atoms with Crippen LogP contribution < -0.4 is 10.0 Å². The smallest absolute Gasteiger partial charge is 0.408 e. The minimum atomic E-state index is -1.01. The van der Waals surface area contributed by atoms with Crippen molar-refractivity contribution in [3.05, 3.63) is 161 Å². The van der Waals surface area contributed by atoms with E-state index in [4.69, 9.17) is 14.2 Å². The Hall–Kier alpha value is -5.53. The quantitative estimate of drug-likeness (QED) is 0.0622. The van der Waals surface area contributed by atoms with E-state index in [-0.39, 0.29) is 50.2 Å². The predicted molar refractivity (Wildman–Crippen MR) is 205 cm³/mol. The summed E-state index contributed by atoms with van der Waals surface area (Å²) in [4.78, 5) is 40.0. The van der Waals surface area contributed by atoms with E-state index in [1.165, 1.54) is 22.9 Å². The number of amides is 3. The third-order valence-electron chi connectivity index (χ3n) is 9.90. The fourth-order valence-electron chi connectivity index (χ4n) is 6.80. The third kappa shape index (κ3) is 8.90. The van der Waals surface area contributed by atoms with Gasteiger partial charge in [0, 0.05) is 29.4 Å². The second-order valence-corrected chi connectivity index (χ2v) is 14.6. The van der Waals surface area contributed by atoms with Gasteiger partial charge in [0.25, 0.3) is 10.9 Å². The van der Waals surface area contributed by atoms with Crippen LogP contribution in [0.3, 0.4) is 0 Å². The summed E-state index contributed by atoms with van der Waals surface area (Å²) in [7, 11) is 0. The molecule has 0 radical (unpaired) electrons. The second-order valence-electron chi connectivity index (χ2n) is 13.6. The number of aliphatic hydroxyl groups is 1. The first-order chi connectivity index (χ1) is 26.8. The molecule has 282 valence electrons. The number of likely N-dealkylation sites (tertiary alicyclic amines) is 1. The lowest BCUT2D eigenvalue weighted by molar-refractivity contribution is -0.645. The Morgan fingerprint density at radius 2 is 1.60 bits per heavy atom. The van der Waals surface area contributed by atoms with E-state index in [2.05, 4.69) is 12.2 Å². The molecule has 2 aliphatic heterocycles. The van der Waals surface area contributed by atoms with Crippen LogP contribution in [-0.4, -0.2) is 45.8 Å². The van der Waals surface area contributed by atoms with E-state index >= 15 is 0 Å². The van der Waals surface area contributed by atoms with Gasteiger partial charge in [-0.25, -0.2) is 4.79 Å². The molecule has 3 amide bonds. The molecule has 2 fully saturated rings. The maximum absolute atomic E-state index is 13.3. The number of aromatic nitrogens is 1. The lowest BCUT2D eigenvalue weighted by Gasteiger charge is -2.41. The summed E-state index contributed by atoms with van der Waals surface area (Å²) in [5.41, 5.74) is 5.86. The highest BCUT2D eigenvalue weighted by Crippen LogP contribution is 2.43. The predicted octanol–water partition coefficient (Wildman–Crippen LogP) is 6.62. The molecule has 0 spiro atoms. The van der Waals surface area contributed by atoms with Gasteiger partial charge in [-0.1, -0.05) is 122 Å². The van der Waals surface area contributed by atoms with Crippen molar-refractivity contribution in [1.82, 2.24) is 10.2 Å². The van der Waals surface area contributed by atoms with Crippen LogP contribution in [0.15, 0.2) is 133 Å². The van der Waals surface area contributed by atoms with Crippen molar-refractivity contribution >= 4 is 29.7 Å². The maximum Gasteiger partial charge on any atom is 0.408 e. The number of carbonyl (C=O) groups excluding carboxylic acids is 3. The van der Waals surface area contributed by atoms with Crippen LogP contribution >= 0.6 is 11.8 Å². The van der Waals surface area contributed by atoms with Gasteiger partial charge in [0.1, 0.15) is 12.6 Å². The van der Waals surface area contributed by atoms with Crippen molar-refractivity contribution in [2.45, 2.75) is 62.7 Å². The average molecular weight is 760 g/mol. The largest absolute Gasteiger partial charge is 0.618 e. The summed E-state index contributed by atoms with van der Waals surface area (Å²) >= 11 is 1.43. The molecule has 11 nitrogen and oxygen atoms in total. The molecule has 2 N–H and O–H groups in total. The number of aliphatic hydroxyl groups excluding tert-OH is 1. The molecule has 5 unspecified atom stereocenters. The number of hydrogen-bond donors (Lipinski definition) is 2. The number of alkyl carbamates (subject to hydrolysis) is 1. The van der Waals surface area contributed by atoms with Gasteiger partial charge in [-0.3, -0.25) is 14.5 Å². The molecule has 5 aromatic rings. The van der Waals surface area contributed by atoms with Crippen molar-refractivity contribution in [1.29, 1.82) is 0 Å². The summed E-state index contributed by atoms with van der Waals surface area (Å²) in [5, 5.41) is 25.1. The number of nitrogens with one attached hydrogen (secondary N) is 1. The van der Waals surface area contributed by atoms with Crippen molar-refractivity contribution < 1.29 is 38.4 Å². The summed E-state index contributed by atoms with van der Waals surface area (Å²) in [6.45, 7) is 2.11. The molecule has 0 saturated carbocycles. The summed E-state index contributed by atoms with van der Waals surface area (Å²) in [6.07, 6.45) is -0.705. The zero-order valence-corrected chi connectivity index (χ0v) is 31.0. The number of pyridine rings is 1. The Morgan fingerprint density at radius 1 is 0.891 bits per heavy atom. The van der Waals surface area contributed by atoms with E-state index in [1.54, 1.807) is 12.1 Å². The Bertz CT molecular complexity index is 2120. The van der Waals surface area contributed by atoms with Crippen LogP contribution in [0, 0.1) is 11.1 Å². The number of thioether (sulfide) groups is 1. The molecular formula is C43H41N3O8S. The monoisotopic (exact) mass is 759 g/mol. The fourth-order valence-corrected chi connectivity index (χ4v) is 7.88. The lowest BCUT2D eigenvalue weighted by atomic mass is 9.91. The first kappa shape index (κ1) is 37.8. The van der Waals surface area contributed by atoms with Crippen molar-refractivity contribution in [2.24, 2.45) is 5.92 Å². The van der Waals surface area contributed by atoms with E-state index in [1.807, 2.05) is 109 Å². The average Bonchev–Trinajstić information content (AvgIpc) is 3.48. The SMILES string of the molecule is CC1C(CSc2cccc[n+]2[O-])OC(c2ccc(-c3ccccc3CN3C(=O)CC(NC(=O)OCc4ccccc4)C3=O)cc2)OC1c1ccc(CO)cc1. The third-order valence-corrected chi connectivity index (χ3v) is 11.0. The molecule has 3 heterocycles. The van der Waals surface area contributed by atoms with Gasteiger partial charge >= 0.3 is 6.09 Å². The number of benzene rings is 4. The van der Waals surface area contributed by atoms with Crippen molar-refractivity contribution in [2.75, 3.05) is 5.75 Å². The van der Waals surface area contributed by atoms with Crippen LogP contribution in [0.4, 0.5) is 4.79 Å². The van der Waals surface area contributed by atoms with Gasteiger partial charge in [0.15, 0.2) is 12.5 Å². The zero-order valence-electron chi connectivity index (χ0n) is 30.2. The molecule has 2 aliphatic rings. The number of imide groups is 1. The van der Waals surface area contributed by atoms with Gasteiger partial charge in [0.05, 0.1) is 31.8 Å². The van der Waals surface area contributed by atoms with Crippen molar-refractivity contribution in [3.8, 4) is 11.1 Å². The molecule has 2 saturated heterocycles. The number of hydrogen-bond acceptors (Lipinski definition) is 9. The number of carbonyl (C=O) groups is 3. The molecule has 1 aromatic heterocycles. The fraction of sp³-hybridized carbons (Fsp3) is 0.256. The van der Waals surface area contributed by atoms with Gasteiger partial charge in [0.2, 0.25) is 5.91 Å². The minimum absolute atomic E-state index is 0.0421. The Kier molecular flexibility index (Phi) is 11.9. The first-order valence-electron chi connectivity index (χ1n) is 18.1. The molecule has 7 rings (SSSR count). The Labute approximate surface area is 323 Å². The highest BCUT2D eigenvalue weighted by atomic mass is 32.2. The van der Waals surface area contributed by atoms with Gasteiger partial charge in [-0.15, -0.1) is 0 Å². The molecular weight excluding hydrogens is 719 g/mol. The van der Waals surface area contributed by atoms with Crippen LogP contribution in [0.2, 0.25) is 0 Å². The summed E-state index contributed by atoms with van der Waals surface area (Å²) in [6, 6.07) is 36.6. The van der Waals surface area contributed by atoms with Crippen LogP contribution in [0.1, 0.15) is 53.6 Å². The number of rotatable bonds is 12. The van der Waals surface area contributed by atoms with Crippen LogP contribution in [-0.2, 0) is 43.6 Å². The van der Waals surface area contributed by atoms with Gasteiger partial charge in [-0.05, 0) is 39.4 Å². The molecule has 5 atom stereocenters. The highest BCUT2D eigenvalue weighted by Gasteiger charge is 2.41. The molecule has 12 heteroatoms. The van der Waals surface area contributed by atoms with Crippen LogP contribution in [0.25, 0.3) is 11.1 Å². The lowest BCUT2D eigenvalue weighted by Crippen LogP contribution is -2.41. The Morgan fingerprint density at radius 3 is 2.35 bits per heavy atom. The topological polar surface area (TPSA) is 141 Å². The van der Waals surface area contributed by atoms with E-state index in [9.17, 15) is 24.7 Å². The molecule has 0 aliphatic carbocycles. The highest BCUT2D eigenvalue weighted by molar-refractivity contribution is 7.99. The van der Waals surface area contributed by atoms with Crippen LogP contribution in [0.5, 0.6) is 0 Å². The van der Waals surface area contributed by atoms with E-state index in [0.717, 1.165) is 43.7 Å². The molecule has 55 heavy (non-hydrogen) atoms. The molecule has 0 bridgehead atoms. The Balaban J connectivity index is 1.05. The van der Waals surface area contributed by atoms with Gasteiger partial charge in [-0.2, -0.15) is 4.73 Å². The zero-order chi connectivity index (χ0) is 38.3. The molecule has 4 aromatic carbocycles. The number of ether oxygens (including phenoxy) is 3. The summed E-state index contributed by atoms with van der Waals surface area (Å²) in [5.74, 6) is -0.388. The normalized spacial score (nSPS) is 21.1. The van der Waals surface area contributed by atoms with E-state index in [0.29, 0.717) is 10.8 Å². The number of nitrogens with zero attached hydrogens (tertiary/aromatic N) is 2. The second kappa shape index (κ2) is 17.3. The van der Waals surface area contributed by atoms with E-state index < -0.39 is 24.3 Å². The minimum Gasteiger partial charge on any atom is -0.618 e.